The molecule has 2 aliphatic rings. The molecule has 1 aliphatic heterocycles. The lowest BCUT2D eigenvalue weighted by molar-refractivity contribution is -0.108. The van der Waals surface area contributed by atoms with E-state index in [-0.39, 0.29) is 0 Å². The highest BCUT2D eigenvalue weighted by Gasteiger charge is 2.51. The van der Waals surface area contributed by atoms with Crippen molar-refractivity contribution in [2.75, 3.05) is 6.54 Å². The van der Waals surface area contributed by atoms with Gasteiger partial charge in [0.05, 0.1) is 0 Å². The van der Waals surface area contributed by atoms with Gasteiger partial charge in [-0.15, -0.1) is 0 Å². The van der Waals surface area contributed by atoms with Crippen molar-refractivity contribution in [3.63, 3.8) is 0 Å². The van der Waals surface area contributed by atoms with Gasteiger partial charge in [0, 0.05) is 11.6 Å². The zero-order chi connectivity index (χ0) is 19.9. The predicted octanol–water partition coefficient (Wildman–Crippen LogP) is 8.08. The second kappa shape index (κ2) is 11.2. The topological polar surface area (TPSA) is 3.24 Å². The molecule has 0 N–H and O–H groups in total. The van der Waals surface area contributed by atoms with Crippen molar-refractivity contribution in [2.24, 2.45) is 23.7 Å². The monoisotopic (exact) mass is 377 g/mol. The van der Waals surface area contributed by atoms with Crippen molar-refractivity contribution >= 4 is 0 Å². The van der Waals surface area contributed by atoms with Gasteiger partial charge in [-0.05, 0) is 69.2 Å². The van der Waals surface area contributed by atoms with Gasteiger partial charge in [0.15, 0.2) is 0 Å². The Bertz CT molecular complexity index is 405. The quantitative estimate of drug-likeness (QED) is 0.329. The summed E-state index contributed by atoms with van der Waals surface area (Å²) in [5, 5.41) is 0. The second-order valence-electron chi connectivity index (χ2n) is 10.3. The van der Waals surface area contributed by atoms with Crippen LogP contribution in [0.2, 0.25) is 0 Å². The van der Waals surface area contributed by atoms with Crippen LogP contribution in [0, 0.1) is 23.7 Å². The smallest absolute Gasteiger partial charge is 0.0184 e. The van der Waals surface area contributed by atoms with Gasteiger partial charge in [0.25, 0.3) is 0 Å². The third-order valence-corrected chi connectivity index (χ3v) is 8.66. The summed E-state index contributed by atoms with van der Waals surface area (Å²) in [4.78, 5) is 3.07. The number of rotatable bonds is 11. The summed E-state index contributed by atoms with van der Waals surface area (Å²) in [6.07, 6.45) is 18.5. The molecule has 2 fully saturated rings. The first-order chi connectivity index (χ1) is 13.0. The lowest BCUT2D eigenvalue weighted by atomic mass is 9.59. The molecule has 1 nitrogen and oxygen atoms in total. The Labute approximate surface area is 172 Å². The minimum atomic E-state index is 0.442. The highest BCUT2D eigenvalue weighted by molar-refractivity contribution is 5.05. The zero-order valence-electron chi connectivity index (χ0n) is 19.7. The minimum absolute atomic E-state index is 0.442. The van der Waals surface area contributed by atoms with Crippen molar-refractivity contribution < 1.29 is 0 Å². The number of unbranched alkanes of at least 4 members (excludes halogenated alkanes) is 5. The van der Waals surface area contributed by atoms with Crippen LogP contribution < -0.4 is 0 Å². The maximum absolute atomic E-state index is 3.07. The molecular weight excluding hydrogens is 326 g/mol. The van der Waals surface area contributed by atoms with Crippen LogP contribution >= 0.6 is 0 Å². The minimum Gasteiger partial charge on any atom is -0.294 e. The Morgan fingerprint density at radius 2 is 1.44 bits per heavy atom. The highest BCUT2D eigenvalue weighted by Crippen LogP contribution is 2.52. The van der Waals surface area contributed by atoms with Crippen molar-refractivity contribution in [3.05, 3.63) is 0 Å². The van der Waals surface area contributed by atoms with Crippen molar-refractivity contribution in [1.29, 1.82) is 0 Å². The van der Waals surface area contributed by atoms with E-state index in [9.17, 15) is 0 Å². The molecule has 6 unspecified atom stereocenters. The van der Waals surface area contributed by atoms with Crippen molar-refractivity contribution in [3.8, 4) is 0 Å². The molecular formula is C26H51N. The maximum atomic E-state index is 3.07. The molecule has 2 rings (SSSR count). The molecule has 0 aromatic heterocycles. The lowest BCUT2D eigenvalue weighted by Crippen LogP contribution is -2.64. The van der Waals surface area contributed by atoms with Crippen LogP contribution in [-0.4, -0.2) is 23.0 Å². The molecule has 0 aromatic rings. The molecule has 1 heteroatoms. The third-order valence-electron chi connectivity index (χ3n) is 8.66. The van der Waals surface area contributed by atoms with Crippen LogP contribution in [0.4, 0.5) is 0 Å². The molecule has 0 aromatic carbocycles. The first-order valence-electron chi connectivity index (χ1n) is 12.8. The van der Waals surface area contributed by atoms with E-state index < -0.39 is 0 Å². The number of hydrogen-bond acceptors (Lipinski definition) is 1. The largest absolute Gasteiger partial charge is 0.294 e. The average Bonchev–Trinajstić information content (AvgIpc) is 2.70. The Morgan fingerprint density at radius 1 is 0.778 bits per heavy atom. The van der Waals surface area contributed by atoms with E-state index in [1.165, 1.54) is 90.0 Å². The van der Waals surface area contributed by atoms with Crippen molar-refractivity contribution in [1.82, 2.24) is 4.90 Å². The molecule has 0 amide bonds. The molecule has 1 aliphatic carbocycles. The van der Waals surface area contributed by atoms with Gasteiger partial charge >= 0.3 is 0 Å². The van der Waals surface area contributed by atoms with Gasteiger partial charge in [-0.2, -0.15) is 0 Å². The number of nitrogens with zero attached hydrogens (tertiary/aromatic N) is 1. The summed E-state index contributed by atoms with van der Waals surface area (Å²) in [5.74, 6) is 3.86. The summed E-state index contributed by atoms with van der Waals surface area (Å²) < 4.78 is 0. The van der Waals surface area contributed by atoms with Crippen LogP contribution in [0.15, 0.2) is 0 Å². The molecule has 0 bridgehead atoms. The van der Waals surface area contributed by atoms with Crippen LogP contribution in [0.1, 0.15) is 125 Å². The van der Waals surface area contributed by atoms with E-state index in [2.05, 4.69) is 46.4 Å². The summed E-state index contributed by atoms with van der Waals surface area (Å²) in [6, 6.07) is 0.872. The SMILES string of the molecule is CCCCCCCCN1C2C(CC)CC(CC)CC2C(CC)CC1(C)CC. The normalized spacial score (nSPS) is 37.3. The Hall–Kier alpha value is -0.0400. The molecule has 0 radical (unpaired) electrons. The maximum Gasteiger partial charge on any atom is 0.0184 e. The van der Waals surface area contributed by atoms with E-state index in [1.54, 1.807) is 0 Å². The number of hydrogen-bond donors (Lipinski definition) is 0. The summed E-state index contributed by atoms with van der Waals surface area (Å²) in [5.41, 5.74) is 0.442. The molecule has 1 saturated heterocycles. The second-order valence-corrected chi connectivity index (χ2v) is 10.3. The van der Waals surface area contributed by atoms with Gasteiger partial charge in [-0.25, -0.2) is 0 Å². The lowest BCUT2D eigenvalue weighted by Gasteiger charge is -2.61. The van der Waals surface area contributed by atoms with Crippen LogP contribution in [-0.2, 0) is 0 Å². The number of likely N-dealkylation sites (tertiary alicyclic amines) is 1. The molecule has 1 heterocycles. The first-order valence-corrected chi connectivity index (χ1v) is 12.8. The van der Waals surface area contributed by atoms with Crippen LogP contribution in [0.25, 0.3) is 0 Å². The molecule has 27 heavy (non-hydrogen) atoms. The van der Waals surface area contributed by atoms with Crippen molar-refractivity contribution in [2.45, 2.75) is 137 Å². The standard InChI is InChI=1S/C26H51N/c1-7-12-13-14-15-16-17-27-25-22(9-3)18-21(8-2)19-24(25)23(10-4)20-26(27,6)11-5/h21-25H,7-20H2,1-6H3. The fraction of sp³-hybridized carbons (Fsp3) is 1.00. The van der Waals surface area contributed by atoms with E-state index >= 15 is 0 Å². The summed E-state index contributed by atoms with van der Waals surface area (Å²) in [7, 11) is 0. The Morgan fingerprint density at radius 3 is 2.04 bits per heavy atom. The zero-order valence-corrected chi connectivity index (χ0v) is 19.7. The van der Waals surface area contributed by atoms with Gasteiger partial charge < -0.3 is 0 Å². The molecule has 6 atom stereocenters. The molecule has 1 saturated carbocycles. The summed E-state index contributed by atoms with van der Waals surface area (Å²) >= 11 is 0. The van der Waals surface area contributed by atoms with E-state index in [0.717, 1.165) is 29.7 Å². The van der Waals surface area contributed by atoms with Crippen LogP contribution in [0.5, 0.6) is 0 Å². The predicted molar refractivity (Wildman–Crippen MR) is 121 cm³/mol. The number of piperidine rings is 1. The van der Waals surface area contributed by atoms with E-state index in [4.69, 9.17) is 0 Å². The first kappa shape index (κ1) is 23.2. The van der Waals surface area contributed by atoms with Gasteiger partial charge in [0.2, 0.25) is 0 Å². The highest BCUT2D eigenvalue weighted by atomic mass is 15.2. The van der Waals surface area contributed by atoms with E-state index in [0.29, 0.717) is 5.54 Å². The molecule has 0 spiro atoms. The van der Waals surface area contributed by atoms with Gasteiger partial charge in [-0.3, -0.25) is 4.90 Å². The molecule has 160 valence electrons. The van der Waals surface area contributed by atoms with Gasteiger partial charge in [-0.1, -0.05) is 86.0 Å². The summed E-state index contributed by atoms with van der Waals surface area (Å²) in [6.45, 7) is 16.1. The average molecular weight is 378 g/mol. The van der Waals surface area contributed by atoms with Crippen LogP contribution in [0.3, 0.4) is 0 Å². The Balaban J connectivity index is 2.14. The van der Waals surface area contributed by atoms with Gasteiger partial charge in [0.1, 0.15) is 0 Å². The number of fused-ring (bicyclic) bond motifs is 1. The third kappa shape index (κ3) is 5.52. The fourth-order valence-electron chi connectivity index (χ4n) is 6.71. The fourth-order valence-corrected chi connectivity index (χ4v) is 6.71. The van der Waals surface area contributed by atoms with E-state index in [1.807, 2.05) is 0 Å². The Kier molecular flexibility index (Phi) is 9.66.